The summed E-state index contributed by atoms with van der Waals surface area (Å²) in [6.45, 7) is 0. The third kappa shape index (κ3) is 2.92. The molecule has 2 fully saturated rings. The van der Waals surface area contributed by atoms with Crippen LogP contribution in [0.25, 0.3) is 0 Å². The molecule has 3 rings (SSSR count). The molecule has 2 aliphatic carbocycles. The molecule has 0 bridgehead atoms. The summed E-state index contributed by atoms with van der Waals surface area (Å²) in [6.07, 6.45) is 9.51. The largest absolute Gasteiger partial charge is 0.494 e. The number of methoxy groups -OCH3 is 1. The second-order valence-electron chi connectivity index (χ2n) is 6.31. The lowest BCUT2D eigenvalue weighted by Gasteiger charge is -2.39. The Balaban J connectivity index is 1.63. The van der Waals surface area contributed by atoms with Crippen LogP contribution in [0.15, 0.2) is 18.2 Å². The molecule has 2 saturated carbocycles. The van der Waals surface area contributed by atoms with Gasteiger partial charge >= 0.3 is 0 Å². The Bertz CT molecular complexity index is 462. The summed E-state index contributed by atoms with van der Waals surface area (Å²) in [6, 6.07) is 5.59. The van der Waals surface area contributed by atoms with Gasteiger partial charge in [0.2, 0.25) is 0 Å². The van der Waals surface area contributed by atoms with Crippen LogP contribution in [-0.2, 0) is 0 Å². The Hall–Kier alpha value is -1.25. The number of hydrogen-bond acceptors (Lipinski definition) is 2. The zero-order valence-corrected chi connectivity index (χ0v) is 12.2. The van der Waals surface area contributed by atoms with E-state index in [1.807, 2.05) is 6.07 Å². The topological polar surface area (TPSA) is 21.3 Å². The summed E-state index contributed by atoms with van der Waals surface area (Å²) in [7, 11) is 1.51. The van der Waals surface area contributed by atoms with Gasteiger partial charge in [0.1, 0.15) is 0 Å². The number of hydrogen-bond donors (Lipinski definition) is 1. The molecule has 1 N–H and O–H groups in total. The van der Waals surface area contributed by atoms with Crippen molar-refractivity contribution in [2.75, 3.05) is 12.4 Å². The van der Waals surface area contributed by atoms with Gasteiger partial charge in [0, 0.05) is 17.8 Å². The van der Waals surface area contributed by atoms with Crippen molar-refractivity contribution in [2.24, 2.45) is 11.8 Å². The van der Waals surface area contributed by atoms with Crippen molar-refractivity contribution < 1.29 is 9.13 Å². The van der Waals surface area contributed by atoms with Gasteiger partial charge in [-0.15, -0.1) is 0 Å². The Morgan fingerprint density at radius 1 is 1.10 bits per heavy atom. The highest BCUT2D eigenvalue weighted by atomic mass is 19.1. The minimum Gasteiger partial charge on any atom is -0.494 e. The quantitative estimate of drug-likeness (QED) is 0.871. The standard InChI is InChI=1S/C17H24FNO/c1-20-17-11-15(8-9-16(17)18)19-14-7-6-12-4-2-3-5-13(12)10-14/h8-9,11-14,19H,2-7,10H2,1H3. The number of rotatable bonds is 3. The first-order valence-corrected chi connectivity index (χ1v) is 7.86. The maximum absolute atomic E-state index is 13.4. The molecule has 20 heavy (non-hydrogen) atoms. The van der Waals surface area contributed by atoms with Crippen LogP contribution < -0.4 is 10.1 Å². The predicted octanol–water partition coefficient (Wildman–Crippen LogP) is 4.61. The molecular formula is C17H24FNO. The molecule has 2 nitrogen and oxygen atoms in total. The van der Waals surface area contributed by atoms with E-state index in [0.29, 0.717) is 11.8 Å². The monoisotopic (exact) mass is 277 g/mol. The van der Waals surface area contributed by atoms with Gasteiger partial charge in [-0.25, -0.2) is 4.39 Å². The summed E-state index contributed by atoms with van der Waals surface area (Å²) >= 11 is 0. The van der Waals surface area contributed by atoms with Crippen LogP contribution in [0.3, 0.4) is 0 Å². The molecule has 0 heterocycles. The number of anilines is 1. The molecule has 0 aromatic heterocycles. The smallest absolute Gasteiger partial charge is 0.165 e. The fourth-order valence-electron chi connectivity index (χ4n) is 3.99. The van der Waals surface area contributed by atoms with E-state index in [9.17, 15) is 4.39 Å². The molecule has 110 valence electrons. The summed E-state index contributed by atoms with van der Waals surface area (Å²) in [5, 5.41) is 3.57. The van der Waals surface area contributed by atoms with Crippen molar-refractivity contribution in [3.8, 4) is 5.75 Å². The van der Waals surface area contributed by atoms with Crippen molar-refractivity contribution >= 4 is 5.69 Å². The summed E-state index contributed by atoms with van der Waals surface area (Å²) in [4.78, 5) is 0. The highest BCUT2D eigenvalue weighted by Crippen LogP contribution is 2.41. The van der Waals surface area contributed by atoms with Crippen molar-refractivity contribution in [1.82, 2.24) is 0 Å². The normalized spacial score (nSPS) is 29.6. The average Bonchev–Trinajstić information content (AvgIpc) is 2.49. The third-order valence-corrected chi connectivity index (χ3v) is 5.06. The van der Waals surface area contributed by atoms with Gasteiger partial charge in [-0.2, -0.15) is 0 Å². The lowest BCUT2D eigenvalue weighted by atomic mass is 9.69. The van der Waals surface area contributed by atoms with Gasteiger partial charge in [0.25, 0.3) is 0 Å². The maximum Gasteiger partial charge on any atom is 0.165 e. The molecule has 0 amide bonds. The first-order chi connectivity index (χ1) is 9.76. The van der Waals surface area contributed by atoms with Crippen LogP contribution in [0.1, 0.15) is 44.9 Å². The molecule has 3 atom stereocenters. The first-order valence-electron chi connectivity index (χ1n) is 7.86. The fourth-order valence-corrected chi connectivity index (χ4v) is 3.99. The average molecular weight is 277 g/mol. The van der Waals surface area contributed by atoms with E-state index >= 15 is 0 Å². The molecule has 0 radical (unpaired) electrons. The number of nitrogens with one attached hydrogen (secondary N) is 1. The molecule has 2 aliphatic rings. The molecular weight excluding hydrogens is 253 g/mol. The van der Waals surface area contributed by atoms with Gasteiger partial charge in [-0.1, -0.05) is 25.7 Å². The minimum atomic E-state index is -0.297. The van der Waals surface area contributed by atoms with Crippen LogP contribution in [0.2, 0.25) is 0 Å². The molecule has 0 aliphatic heterocycles. The fraction of sp³-hybridized carbons (Fsp3) is 0.647. The Kier molecular flexibility index (Phi) is 4.13. The van der Waals surface area contributed by atoms with E-state index in [2.05, 4.69) is 5.32 Å². The molecule has 3 heteroatoms. The summed E-state index contributed by atoms with van der Waals surface area (Å²) < 4.78 is 18.5. The second kappa shape index (κ2) is 6.02. The summed E-state index contributed by atoms with van der Waals surface area (Å²) in [5.41, 5.74) is 0.975. The predicted molar refractivity (Wildman–Crippen MR) is 79.7 cm³/mol. The summed E-state index contributed by atoms with van der Waals surface area (Å²) in [5.74, 6) is 1.89. The molecule has 0 spiro atoms. The zero-order valence-electron chi connectivity index (χ0n) is 12.2. The number of benzene rings is 1. The van der Waals surface area contributed by atoms with Gasteiger partial charge in [-0.3, -0.25) is 0 Å². The van der Waals surface area contributed by atoms with Crippen molar-refractivity contribution in [2.45, 2.75) is 51.0 Å². The van der Waals surface area contributed by atoms with Gasteiger partial charge in [0.15, 0.2) is 11.6 Å². The van der Waals surface area contributed by atoms with E-state index in [-0.39, 0.29) is 5.82 Å². The third-order valence-electron chi connectivity index (χ3n) is 5.06. The Morgan fingerprint density at radius 2 is 1.90 bits per heavy atom. The Morgan fingerprint density at radius 3 is 2.70 bits per heavy atom. The Labute approximate surface area is 120 Å². The van der Waals surface area contributed by atoms with E-state index in [0.717, 1.165) is 17.5 Å². The zero-order chi connectivity index (χ0) is 13.9. The van der Waals surface area contributed by atoms with Crippen LogP contribution >= 0.6 is 0 Å². The molecule has 1 aromatic carbocycles. The number of halogens is 1. The SMILES string of the molecule is COc1cc(NC2CCC3CCCCC3C2)ccc1F. The van der Waals surface area contributed by atoms with Gasteiger partial charge in [0.05, 0.1) is 7.11 Å². The van der Waals surface area contributed by atoms with E-state index in [1.54, 1.807) is 6.07 Å². The maximum atomic E-state index is 13.4. The van der Waals surface area contributed by atoms with Crippen molar-refractivity contribution in [3.05, 3.63) is 24.0 Å². The van der Waals surface area contributed by atoms with Crippen LogP contribution in [0.4, 0.5) is 10.1 Å². The van der Waals surface area contributed by atoms with Crippen LogP contribution in [-0.4, -0.2) is 13.2 Å². The van der Waals surface area contributed by atoms with Gasteiger partial charge in [-0.05, 0) is 43.2 Å². The molecule has 3 unspecified atom stereocenters. The number of fused-ring (bicyclic) bond motifs is 1. The highest BCUT2D eigenvalue weighted by molar-refractivity contribution is 5.49. The van der Waals surface area contributed by atoms with E-state index in [1.165, 1.54) is 58.1 Å². The molecule has 0 saturated heterocycles. The van der Waals surface area contributed by atoms with E-state index < -0.39 is 0 Å². The molecule has 1 aromatic rings. The minimum absolute atomic E-state index is 0.297. The highest BCUT2D eigenvalue weighted by Gasteiger charge is 2.32. The van der Waals surface area contributed by atoms with Crippen molar-refractivity contribution in [1.29, 1.82) is 0 Å². The van der Waals surface area contributed by atoms with Crippen LogP contribution in [0.5, 0.6) is 5.75 Å². The number of ether oxygens (including phenoxy) is 1. The van der Waals surface area contributed by atoms with E-state index in [4.69, 9.17) is 4.74 Å². The van der Waals surface area contributed by atoms with Crippen molar-refractivity contribution in [3.63, 3.8) is 0 Å². The lowest BCUT2D eigenvalue weighted by molar-refractivity contribution is 0.162. The first kappa shape index (κ1) is 13.7. The van der Waals surface area contributed by atoms with Gasteiger partial charge < -0.3 is 10.1 Å². The lowest BCUT2D eigenvalue weighted by Crippen LogP contribution is -2.34. The van der Waals surface area contributed by atoms with Crippen LogP contribution in [0, 0.1) is 17.7 Å². The second-order valence-corrected chi connectivity index (χ2v) is 6.31.